The molecule has 62 valence electrons. The lowest BCUT2D eigenvalue weighted by Gasteiger charge is -2.00. The monoisotopic (exact) mass is 200 g/mol. The molecular formula is C7H5ClN2OS. The summed E-state index contributed by atoms with van der Waals surface area (Å²) in [6, 6.07) is 0. The molecular weight excluding hydrogens is 196 g/mol. The van der Waals surface area contributed by atoms with E-state index in [2.05, 4.69) is 9.98 Å². The van der Waals surface area contributed by atoms with Crippen LogP contribution in [0, 0.1) is 0 Å². The summed E-state index contributed by atoms with van der Waals surface area (Å²) in [4.78, 5) is 18.7. The predicted octanol–water partition coefficient (Wildman–Crippen LogP) is 2.12. The van der Waals surface area contributed by atoms with Gasteiger partial charge in [-0.2, -0.15) is 4.99 Å². The minimum absolute atomic E-state index is 0.313. The van der Waals surface area contributed by atoms with E-state index in [4.69, 9.17) is 11.6 Å². The van der Waals surface area contributed by atoms with Gasteiger partial charge in [0.15, 0.2) is 4.47 Å². The minimum Gasteiger partial charge on any atom is -0.233 e. The van der Waals surface area contributed by atoms with Crippen molar-refractivity contribution in [3.63, 3.8) is 0 Å². The fraction of sp³-hybridized carbons (Fsp3) is 0.429. The summed E-state index contributed by atoms with van der Waals surface area (Å²) in [6.45, 7) is 0. The molecule has 2 rings (SSSR count). The number of aliphatic imine (C=N–C) groups is 1. The Morgan fingerprint density at radius 2 is 2.50 bits per heavy atom. The smallest absolute Gasteiger partial charge is 0.233 e. The Bertz CT molecular complexity index is 352. The third-order valence-corrected chi connectivity index (χ3v) is 3.23. The molecule has 1 aliphatic rings. The van der Waals surface area contributed by atoms with Gasteiger partial charge in [0.2, 0.25) is 6.08 Å². The summed E-state index contributed by atoms with van der Waals surface area (Å²) in [5.41, 5.74) is -0.313. The van der Waals surface area contributed by atoms with Gasteiger partial charge in [0, 0.05) is 6.20 Å². The van der Waals surface area contributed by atoms with Gasteiger partial charge < -0.3 is 0 Å². The van der Waals surface area contributed by atoms with Crippen LogP contribution in [0.4, 0.5) is 0 Å². The first-order valence-corrected chi connectivity index (χ1v) is 4.67. The van der Waals surface area contributed by atoms with Gasteiger partial charge in [-0.05, 0) is 12.8 Å². The molecule has 0 spiro atoms. The maximum absolute atomic E-state index is 10.1. The van der Waals surface area contributed by atoms with Crippen LogP contribution in [-0.2, 0) is 10.3 Å². The Balaban J connectivity index is 2.36. The standard InChI is InChI=1S/C7H5ClN2OS/c8-6-9-3-5(12-6)7(1-2-7)10-4-11/h3H,1-2H2. The summed E-state index contributed by atoms with van der Waals surface area (Å²) >= 11 is 7.04. The number of isocyanates is 1. The van der Waals surface area contributed by atoms with Crippen molar-refractivity contribution in [3.05, 3.63) is 15.5 Å². The lowest BCUT2D eigenvalue weighted by molar-refractivity contribution is 0.557. The van der Waals surface area contributed by atoms with E-state index in [0.717, 1.165) is 17.7 Å². The molecule has 0 aromatic carbocycles. The van der Waals surface area contributed by atoms with E-state index >= 15 is 0 Å². The van der Waals surface area contributed by atoms with E-state index in [0.29, 0.717) is 4.47 Å². The van der Waals surface area contributed by atoms with Crippen LogP contribution >= 0.6 is 22.9 Å². The third-order valence-electron chi connectivity index (χ3n) is 1.92. The molecule has 0 N–H and O–H groups in total. The normalized spacial score (nSPS) is 18.4. The first kappa shape index (κ1) is 7.92. The van der Waals surface area contributed by atoms with E-state index in [1.165, 1.54) is 11.3 Å². The number of hydrogen-bond donors (Lipinski definition) is 0. The molecule has 0 radical (unpaired) electrons. The molecule has 1 heterocycles. The molecule has 0 atom stereocenters. The molecule has 0 aliphatic heterocycles. The van der Waals surface area contributed by atoms with Crippen LogP contribution in [-0.4, -0.2) is 11.1 Å². The van der Waals surface area contributed by atoms with Crippen LogP contribution in [0.1, 0.15) is 17.7 Å². The highest BCUT2D eigenvalue weighted by atomic mass is 35.5. The molecule has 1 aliphatic carbocycles. The van der Waals surface area contributed by atoms with Crippen molar-refractivity contribution in [2.45, 2.75) is 18.4 Å². The van der Waals surface area contributed by atoms with Gasteiger partial charge >= 0.3 is 0 Å². The van der Waals surface area contributed by atoms with Gasteiger partial charge in [-0.25, -0.2) is 9.78 Å². The lowest BCUT2D eigenvalue weighted by atomic mass is 10.2. The van der Waals surface area contributed by atoms with Gasteiger partial charge in [0.25, 0.3) is 0 Å². The molecule has 0 saturated heterocycles. The molecule has 1 saturated carbocycles. The van der Waals surface area contributed by atoms with Crippen molar-refractivity contribution in [2.24, 2.45) is 4.99 Å². The highest BCUT2D eigenvalue weighted by Gasteiger charge is 2.46. The van der Waals surface area contributed by atoms with E-state index in [9.17, 15) is 4.79 Å². The van der Waals surface area contributed by atoms with Crippen molar-refractivity contribution in [1.82, 2.24) is 4.98 Å². The first-order chi connectivity index (χ1) is 5.77. The van der Waals surface area contributed by atoms with Gasteiger partial charge in [-0.3, -0.25) is 0 Å². The van der Waals surface area contributed by atoms with Crippen LogP contribution in [0.15, 0.2) is 11.2 Å². The minimum atomic E-state index is -0.313. The Morgan fingerprint density at radius 1 is 1.75 bits per heavy atom. The second kappa shape index (κ2) is 2.66. The summed E-state index contributed by atoms with van der Waals surface area (Å²) < 4.78 is 0.498. The van der Waals surface area contributed by atoms with Crippen molar-refractivity contribution >= 4 is 29.0 Å². The second-order valence-corrected chi connectivity index (χ2v) is 4.32. The van der Waals surface area contributed by atoms with E-state index in [1.54, 1.807) is 12.3 Å². The summed E-state index contributed by atoms with van der Waals surface area (Å²) in [5, 5.41) is 0. The number of nitrogens with zero attached hydrogens (tertiary/aromatic N) is 2. The topological polar surface area (TPSA) is 42.3 Å². The van der Waals surface area contributed by atoms with Crippen LogP contribution in [0.25, 0.3) is 0 Å². The predicted molar refractivity (Wildman–Crippen MR) is 46.2 cm³/mol. The van der Waals surface area contributed by atoms with Crippen LogP contribution in [0.5, 0.6) is 0 Å². The van der Waals surface area contributed by atoms with Crippen LogP contribution in [0.2, 0.25) is 4.47 Å². The summed E-state index contributed by atoms with van der Waals surface area (Å²) in [5.74, 6) is 0. The maximum atomic E-state index is 10.1. The van der Waals surface area contributed by atoms with Crippen LogP contribution in [0.3, 0.4) is 0 Å². The lowest BCUT2D eigenvalue weighted by Crippen LogP contribution is -1.97. The number of carbonyl (C=O) groups excluding carboxylic acids is 1. The number of rotatable bonds is 2. The fourth-order valence-electron chi connectivity index (χ4n) is 1.09. The average molecular weight is 201 g/mol. The molecule has 1 fully saturated rings. The molecule has 12 heavy (non-hydrogen) atoms. The Hall–Kier alpha value is -0.700. The molecule has 0 bridgehead atoms. The van der Waals surface area contributed by atoms with Crippen molar-refractivity contribution < 1.29 is 4.79 Å². The van der Waals surface area contributed by atoms with E-state index in [-0.39, 0.29) is 5.54 Å². The molecule has 0 amide bonds. The fourth-order valence-corrected chi connectivity index (χ4v) is 2.22. The molecule has 1 aromatic heterocycles. The number of hydrogen-bond acceptors (Lipinski definition) is 4. The first-order valence-electron chi connectivity index (χ1n) is 3.48. The van der Waals surface area contributed by atoms with E-state index in [1.807, 2.05) is 0 Å². The van der Waals surface area contributed by atoms with Gasteiger partial charge in [-0.15, -0.1) is 11.3 Å². The van der Waals surface area contributed by atoms with Crippen molar-refractivity contribution in [2.75, 3.05) is 0 Å². The molecule has 3 nitrogen and oxygen atoms in total. The SMILES string of the molecule is O=C=NC1(c2cnc(Cl)s2)CC1. The zero-order chi connectivity index (χ0) is 8.60. The largest absolute Gasteiger partial charge is 0.235 e. The Kier molecular flexibility index (Phi) is 1.76. The quantitative estimate of drug-likeness (QED) is 0.542. The highest BCUT2D eigenvalue weighted by molar-refractivity contribution is 7.15. The number of aromatic nitrogens is 1. The number of thiazole rings is 1. The Morgan fingerprint density at radius 3 is 2.92 bits per heavy atom. The van der Waals surface area contributed by atoms with Gasteiger partial charge in [-0.1, -0.05) is 11.6 Å². The van der Waals surface area contributed by atoms with Gasteiger partial charge in [0.1, 0.15) is 5.54 Å². The van der Waals surface area contributed by atoms with E-state index < -0.39 is 0 Å². The van der Waals surface area contributed by atoms with Crippen molar-refractivity contribution in [3.8, 4) is 0 Å². The summed E-state index contributed by atoms with van der Waals surface area (Å²) in [6.07, 6.45) is 5.08. The average Bonchev–Trinajstić information content (AvgIpc) is 2.69. The highest BCUT2D eigenvalue weighted by Crippen LogP contribution is 2.51. The Labute approximate surface area is 78.1 Å². The summed E-state index contributed by atoms with van der Waals surface area (Å²) in [7, 11) is 0. The molecule has 0 unspecified atom stereocenters. The van der Waals surface area contributed by atoms with Crippen molar-refractivity contribution in [1.29, 1.82) is 0 Å². The van der Waals surface area contributed by atoms with Gasteiger partial charge in [0.05, 0.1) is 4.88 Å². The zero-order valence-corrected chi connectivity index (χ0v) is 7.65. The zero-order valence-electron chi connectivity index (χ0n) is 6.08. The molecule has 5 heteroatoms. The maximum Gasteiger partial charge on any atom is 0.235 e. The third kappa shape index (κ3) is 1.18. The number of halogens is 1. The second-order valence-electron chi connectivity index (χ2n) is 2.71. The molecule has 1 aromatic rings. The van der Waals surface area contributed by atoms with Crippen LogP contribution < -0.4 is 0 Å².